The van der Waals surface area contributed by atoms with E-state index in [1.54, 1.807) is 0 Å². The summed E-state index contributed by atoms with van der Waals surface area (Å²) in [7, 11) is 0. The fourth-order valence-corrected chi connectivity index (χ4v) is 5.18. The van der Waals surface area contributed by atoms with Crippen molar-refractivity contribution in [3.63, 3.8) is 0 Å². The van der Waals surface area contributed by atoms with Gasteiger partial charge in [0.25, 0.3) is 0 Å². The molecule has 4 aromatic carbocycles. The third kappa shape index (κ3) is 2.64. The molecule has 0 amide bonds. The molecule has 0 aliphatic heterocycles. The Morgan fingerprint density at radius 1 is 0.576 bits per heavy atom. The molecule has 2 nitrogen and oxygen atoms in total. The van der Waals surface area contributed by atoms with E-state index in [1.165, 1.54) is 49.4 Å². The zero-order valence-electron chi connectivity index (χ0n) is 17.9. The average molecular weight is 421 g/mol. The number of rotatable bonds is 2. The third-order valence-electron chi connectivity index (χ3n) is 6.60. The van der Waals surface area contributed by atoms with Crippen molar-refractivity contribution in [2.45, 2.75) is 0 Å². The second kappa shape index (κ2) is 7.04. The highest BCUT2D eigenvalue weighted by Gasteiger charge is 2.20. The number of benzene rings is 4. The molecule has 7 rings (SSSR count). The van der Waals surface area contributed by atoms with E-state index in [4.69, 9.17) is 4.98 Å². The molecule has 0 radical (unpaired) electrons. The van der Waals surface area contributed by atoms with Crippen molar-refractivity contribution < 1.29 is 0 Å². The molecule has 0 saturated heterocycles. The average Bonchev–Trinajstić information content (AvgIpc) is 3.31. The van der Waals surface area contributed by atoms with Gasteiger partial charge < -0.3 is 4.40 Å². The molecule has 0 fully saturated rings. The second-order valence-electron chi connectivity index (χ2n) is 8.44. The van der Waals surface area contributed by atoms with Gasteiger partial charge in [-0.25, -0.2) is 0 Å². The molecular weight excluding hydrogens is 400 g/mol. The molecule has 0 aliphatic rings. The Bertz CT molecular complexity index is 1800. The number of pyridine rings is 2. The van der Waals surface area contributed by atoms with Gasteiger partial charge in [0.1, 0.15) is 0 Å². The van der Waals surface area contributed by atoms with Crippen molar-refractivity contribution >= 4 is 38.1 Å². The van der Waals surface area contributed by atoms with E-state index in [0.717, 1.165) is 11.0 Å². The van der Waals surface area contributed by atoms with Crippen LogP contribution in [-0.2, 0) is 0 Å². The van der Waals surface area contributed by atoms with Crippen molar-refractivity contribution in [3.8, 4) is 22.4 Å². The van der Waals surface area contributed by atoms with Gasteiger partial charge in [-0.3, -0.25) is 4.98 Å². The van der Waals surface area contributed by atoms with E-state index in [-0.39, 0.29) is 0 Å². The fourth-order valence-electron chi connectivity index (χ4n) is 5.18. The van der Waals surface area contributed by atoms with Crippen LogP contribution in [-0.4, -0.2) is 9.38 Å². The SMILES string of the molecule is c1ccc(-c2cc(-c3ccccc3)n3c4cccnc4c4c5ccccc5ccc4c23)cc1. The fraction of sp³-hybridized carbons (Fsp3) is 0. The van der Waals surface area contributed by atoms with Crippen LogP contribution < -0.4 is 0 Å². The van der Waals surface area contributed by atoms with E-state index in [9.17, 15) is 0 Å². The first-order chi connectivity index (χ1) is 16.4. The van der Waals surface area contributed by atoms with Crippen LogP contribution in [0.2, 0.25) is 0 Å². The highest BCUT2D eigenvalue weighted by Crippen LogP contribution is 2.42. The van der Waals surface area contributed by atoms with Gasteiger partial charge >= 0.3 is 0 Å². The Kier molecular flexibility index (Phi) is 3.88. The van der Waals surface area contributed by atoms with Crippen LogP contribution in [0.1, 0.15) is 0 Å². The lowest BCUT2D eigenvalue weighted by Crippen LogP contribution is -1.95. The normalized spacial score (nSPS) is 11.6. The smallest absolute Gasteiger partial charge is 0.0955 e. The summed E-state index contributed by atoms with van der Waals surface area (Å²) in [5, 5.41) is 4.91. The Labute approximate surface area is 191 Å². The quantitative estimate of drug-likeness (QED) is 0.258. The molecule has 7 aromatic rings. The van der Waals surface area contributed by atoms with E-state index < -0.39 is 0 Å². The summed E-state index contributed by atoms with van der Waals surface area (Å²) in [4.78, 5) is 4.91. The van der Waals surface area contributed by atoms with Crippen LogP contribution in [0.3, 0.4) is 0 Å². The molecule has 0 saturated carbocycles. The van der Waals surface area contributed by atoms with E-state index >= 15 is 0 Å². The van der Waals surface area contributed by atoms with E-state index in [2.05, 4.69) is 114 Å². The molecule has 33 heavy (non-hydrogen) atoms. The lowest BCUT2D eigenvalue weighted by Gasteiger charge is -2.14. The molecule has 2 heteroatoms. The Morgan fingerprint density at radius 3 is 2.12 bits per heavy atom. The molecular formula is C31H20N2. The number of hydrogen-bond acceptors (Lipinski definition) is 1. The summed E-state index contributed by atoms with van der Waals surface area (Å²) in [6.07, 6.45) is 1.90. The topological polar surface area (TPSA) is 17.3 Å². The van der Waals surface area contributed by atoms with Gasteiger partial charge in [0, 0.05) is 22.5 Å². The number of aromatic nitrogens is 2. The minimum Gasteiger partial charge on any atom is -0.306 e. The summed E-state index contributed by atoms with van der Waals surface area (Å²) < 4.78 is 2.40. The van der Waals surface area contributed by atoms with Crippen molar-refractivity contribution in [2.24, 2.45) is 0 Å². The monoisotopic (exact) mass is 420 g/mol. The Hall–Kier alpha value is -4.43. The molecule has 0 atom stereocenters. The lowest BCUT2D eigenvalue weighted by molar-refractivity contribution is 1.26. The third-order valence-corrected chi connectivity index (χ3v) is 6.60. The molecule has 0 unspecified atom stereocenters. The van der Waals surface area contributed by atoms with Crippen molar-refractivity contribution in [2.75, 3.05) is 0 Å². The van der Waals surface area contributed by atoms with Gasteiger partial charge in [0.05, 0.1) is 22.2 Å². The number of hydrogen-bond donors (Lipinski definition) is 0. The maximum absolute atomic E-state index is 4.91. The van der Waals surface area contributed by atoms with Gasteiger partial charge in [-0.05, 0) is 40.1 Å². The number of nitrogens with zero attached hydrogens (tertiary/aromatic N) is 2. The minimum absolute atomic E-state index is 1.03. The maximum Gasteiger partial charge on any atom is 0.0955 e. The summed E-state index contributed by atoms with van der Waals surface area (Å²) in [5.41, 5.74) is 8.20. The van der Waals surface area contributed by atoms with Gasteiger partial charge in [-0.1, -0.05) is 97.1 Å². The van der Waals surface area contributed by atoms with Crippen LogP contribution in [0.5, 0.6) is 0 Å². The zero-order chi connectivity index (χ0) is 21.8. The largest absolute Gasteiger partial charge is 0.306 e. The minimum atomic E-state index is 1.03. The van der Waals surface area contributed by atoms with Crippen LogP contribution in [0.15, 0.2) is 121 Å². The predicted octanol–water partition coefficient (Wildman–Crippen LogP) is 8.13. The zero-order valence-corrected chi connectivity index (χ0v) is 17.9. The van der Waals surface area contributed by atoms with Crippen molar-refractivity contribution in [1.29, 1.82) is 0 Å². The first kappa shape index (κ1) is 18.2. The van der Waals surface area contributed by atoms with Gasteiger partial charge in [-0.2, -0.15) is 0 Å². The van der Waals surface area contributed by atoms with Gasteiger partial charge in [0.2, 0.25) is 0 Å². The molecule has 3 aromatic heterocycles. The molecule has 0 bridgehead atoms. The Balaban J connectivity index is 1.79. The van der Waals surface area contributed by atoms with Crippen LogP contribution in [0, 0.1) is 0 Å². The van der Waals surface area contributed by atoms with Crippen molar-refractivity contribution in [3.05, 3.63) is 121 Å². The summed E-state index contributed by atoms with van der Waals surface area (Å²) in [6.45, 7) is 0. The van der Waals surface area contributed by atoms with Gasteiger partial charge in [0.15, 0.2) is 0 Å². The molecule has 0 N–H and O–H groups in total. The van der Waals surface area contributed by atoms with Crippen LogP contribution >= 0.6 is 0 Å². The highest BCUT2D eigenvalue weighted by molar-refractivity contribution is 6.24. The standard InChI is InChI=1S/C31H20N2/c1-3-10-21(11-4-1)26-20-28(23-13-5-2-6-14-23)33-27-16-9-19-32-30(27)29-24-15-8-7-12-22(24)17-18-25(29)31(26)33/h1-20H. The summed E-state index contributed by atoms with van der Waals surface area (Å²) in [5.74, 6) is 0. The van der Waals surface area contributed by atoms with Crippen LogP contribution in [0.4, 0.5) is 0 Å². The first-order valence-electron chi connectivity index (χ1n) is 11.2. The lowest BCUT2D eigenvalue weighted by atomic mass is 9.98. The second-order valence-corrected chi connectivity index (χ2v) is 8.44. The summed E-state index contributed by atoms with van der Waals surface area (Å²) in [6, 6.07) is 41.0. The number of fused-ring (bicyclic) bond motifs is 8. The van der Waals surface area contributed by atoms with E-state index in [1.807, 2.05) is 12.3 Å². The highest BCUT2D eigenvalue weighted by atomic mass is 14.9. The molecule has 0 spiro atoms. The summed E-state index contributed by atoms with van der Waals surface area (Å²) >= 11 is 0. The molecule has 0 aliphatic carbocycles. The van der Waals surface area contributed by atoms with Crippen molar-refractivity contribution in [1.82, 2.24) is 9.38 Å². The first-order valence-corrected chi connectivity index (χ1v) is 11.2. The Morgan fingerprint density at radius 2 is 1.30 bits per heavy atom. The van der Waals surface area contributed by atoms with E-state index in [0.29, 0.717) is 0 Å². The molecule has 154 valence electrons. The van der Waals surface area contributed by atoms with Crippen LogP contribution in [0.25, 0.3) is 60.5 Å². The molecule has 3 heterocycles. The maximum atomic E-state index is 4.91. The van der Waals surface area contributed by atoms with Gasteiger partial charge in [-0.15, -0.1) is 0 Å². The predicted molar refractivity (Wildman–Crippen MR) is 139 cm³/mol.